The third-order valence-electron chi connectivity index (χ3n) is 5.79. The van der Waals surface area contributed by atoms with Gasteiger partial charge in [-0.2, -0.15) is 5.10 Å². The van der Waals surface area contributed by atoms with E-state index >= 15 is 0 Å². The number of hydrogen-bond acceptors (Lipinski definition) is 3. The predicted molar refractivity (Wildman–Crippen MR) is 102 cm³/mol. The number of benzene rings is 1. The Kier molecular flexibility index (Phi) is 4.84. The molecule has 1 heterocycles. The first-order valence-electron chi connectivity index (χ1n) is 10.0. The van der Waals surface area contributed by atoms with Crippen molar-refractivity contribution in [2.45, 2.75) is 64.2 Å². The van der Waals surface area contributed by atoms with Crippen LogP contribution in [0, 0.1) is 5.92 Å². The molecule has 4 rings (SSSR count). The van der Waals surface area contributed by atoms with Crippen LogP contribution in [0.1, 0.15) is 85.8 Å². The highest BCUT2D eigenvalue weighted by atomic mass is 16.5. The highest BCUT2D eigenvalue weighted by Gasteiger charge is 2.33. The van der Waals surface area contributed by atoms with E-state index in [1.165, 1.54) is 31.2 Å². The summed E-state index contributed by atoms with van der Waals surface area (Å²) in [6.45, 7) is 4.59. The normalized spacial score (nSPS) is 23.0. The van der Waals surface area contributed by atoms with E-state index in [1.807, 2.05) is 11.6 Å². The molecule has 4 nitrogen and oxygen atoms in total. The van der Waals surface area contributed by atoms with Gasteiger partial charge in [0.25, 0.3) is 0 Å². The van der Waals surface area contributed by atoms with Gasteiger partial charge < -0.3 is 4.74 Å². The SMILES string of the molecule is CCOC(=O)c1cnn(-c2cccc(C3CCCC(C)C3)c2)c1C1CC1. The summed E-state index contributed by atoms with van der Waals surface area (Å²) in [6, 6.07) is 8.76. The Morgan fingerprint density at radius 3 is 2.81 bits per heavy atom. The van der Waals surface area contributed by atoms with E-state index in [4.69, 9.17) is 4.74 Å². The maximum atomic E-state index is 12.3. The van der Waals surface area contributed by atoms with Crippen LogP contribution in [0.5, 0.6) is 0 Å². The molecule has 2 fully saturated rings. The highest BCUT2D eigenvalue weighted by molar-refractivity contribution is 5.91. The number of carbonyl (C=O) groups is 1. The molecule has 0 spiro atoms. The summed E-state index contributed by atoms with van der Waals surface area (Å²) in [5.74, 6) is 1.62. The van der Waals surface area contributed by atoms with Crippen molar-refractivity contribution in [3.05, 3.63) is 47.3 Å². The first kappa shape index (κ1) is 17.3. The number of rotatable bonds is 5. The fourth-order valence-electron chi connectivity index (χ4n) is 4.33. The summed E-state index contributed by atoms with van der Waals surface area (Å²) in [6.07, 6.45) is 9.14. The number of aromatic nitrogens is 2. The molecule has 2 saturated carbocycles. The molecule has 2 aliphatic carbocycles. The van der Waals surface area contributed by atoms with Gasteiger partial charge in [-0.15, -0.1) is 0 Å². The van der Waals surface area contributed by atoms with Gasteiger partial charge in [0.15, 0.2) is 0 Å². The molecule has 1 aromatic heterocycles. The maximum absolute atomic E-state index is 12.3. The zero-order chi connectivity index (χ0) is 18.1. The minimum Gasteiger partial charge on any atom is -0.462 e. The van der Waals surface area contributed by atoms with Gasteiger partial charge in [0.05, 0.1) is 24.2 Å². The minimum atomic E-state index is -0.252. The van der Waals surface area contributed by atoms with Crippen LogP contribution in [-0.4, -0.2) is 22.4 Å². The second-order valence-electron chi connectivity index (χ2n) is 7.91. The Labute approximate surface area is 155 Å². The molecule has 0 amide bonds. The molecule has 2 unspecified atom stereocenters. The van der Waals surface area contributed by atoms with Gasteiger partial charge in [-0.1, -0.05) is 31.9 Å². The molecule has 0 radical (unpaired) electrons. The molecule has 4 heteroatoms. The third-order valence-corrected chi connectivity index (χ3v) is 5.79. The van der Waals surface area contributed by atoms with Crippen LogP contribution in [-0.2, 0) is 4.74 Å². The predicted octanol–water partition coefficient (Wildman–Crippen LogP) is 5.22. The Balaban J connectivity index is 1.67. The average molecular weight is 352 g/mol. The van der Waals surface area contributed by atoms with Gasteiger partial charge in [-0.3, -0.25) is 0 Å². The topological polar surface area (TPSA) is 44.1 Å². The summed E-state index contributed by atoms with van der Waals surface area (Å²) in [5.41, 5.74) is 4.13. The fourth-order valence-corrected chi connectivity index (χ4v) is 4.33. The van der Waals surface area contributed by atoms with Gasteiger partial charge in [0.1, 0.15) is 5.56 Å². The van der Waals surface area contributed by atoms with Gasteiger partial charge in [-0.25, -0.2) is 9.48 Å². The van der Waals surface area contributed by atoms with Gasteiger partial charge in [-0.05, 0) is 62.1 Å². The molecule has 1 aromatic carbocycles. The van der Waals surface area contributed by atoms with Crippen molar-refractivity contribution in [1.29, 1.82) is 0 Å². The standard InChI is InChI=1S/C22H28N2O2/c1-3-26-22(25)20-14-23-24(21(20)16-10-11-16)19-9-5-8-18(13-19)17-7-4-6-15(2)12-17/h5,8-9,13-17H,3-4,6-7,10-12H2,1-2H3. The molecule has 138 valence electrons. The average Bonchev–Trinajstić information content (AvgIpc) is 3.40. The van der Waals surface area contributed by atoms with Crippen LogP contribution in [0.3, 0.4) is 0 Å². The van der Waals surface area contributed by atoms with E-state index in [2.05, 4.69) is 36.3 Å². The molecular weight excluding hydrogens is 324 g/mol. The molecular formula is C22H28N2O2. The van der Waals surface area contributed by atoms with Crippen molar-refractivity contribution in [2.75, 3.05) is 6.61 Å². The molecule has 0 bridgehead atoms. The van der Waals surface area contributed by atoms with Crippen molar-refractivity contribution in [1.82, 2.24) is 9.78 Å². The number of carbonyl (C=O) groups excluding carboxylic acids is 1. The highest BCUT2D eigenvalue weighted by Crippen LogP contribution is 2.43. The van der Waals surface area contributed by atoms with Crippen molar-refractivity contribution < 1.29 is 9.53 Å². The van der Waals surface area contributed by atoms with Crippen LogP contribution in [0.2, 0.25) is 0 Å². The van der Waals surface area contributed by atoms with Crippen molar-refractivity contribution in [3.63, 3.8) is 0 Å². The summed E-state index contributed by atoms with van der Waals surface area (Å²) >= 11 is 0. The van der Waals surface area contributed by atoms with Crippen LogP contribution in [0.15, 0.2) is 30.5 Å². The smallest absolute Gasteiger partial charge is 0.341 e. The molecule has 2 aromatic rings. The van der Waals surface area contributed by atoms with Crippen LogP contribution < -0.4 is 0 Å². The maximum Gasteiger partial charge on any atom is 0.341 e. The van der Waals surface area contributed by atoms with Crippen molar-refractivity contribution in [3.8, 4) is 5.69 Å². The molecule has 26 heavy (non-hydrogen) atoms. The number of ether oxygens (including phenoxy) is 1. The number of hydrogen-bond donors (Lipinski definition) is 0. The Morgan fingerprint density at radius 2 is 2.08 bits per heavy atom. The summed E-state index contributed by atoms with van der Waals surface area (Å²) < 4.78 is 7.21. The van der Waals surface area contributed by atoms with Crippen LogP contribution in [0.4, 0.5) is 0 Å². The first-order valence-corrected chi connectivity index (χ1v) is 10.0. The lowest BCUT2D eigenvalue weighted by atomic mass is 9.79. The Bertz CT molecular complexity index is 791. The zero-order valence-electron chi connectivity index (χ0n) is 15.8. The third kappa shape index (κ3) is 3.42. The molecule has 0 saturated heterocycles. The summed E-state index contributed by atoms with van der Waals surface area (Å²) in [5, 5.41) is 4.57. The Morgan fingerprint density at radius 1 is 1.23 bits per heavy atom. The molecule has 0 N–H and O–H groups in total. The van der Waals surface area contributed by atoms with Crippen LogP contribution in [0.25, 0.3) is 5.69 Å². The fraction of sp³-hybridized carbons (Fsp3) is 0.545. The molecule has 2 aliphatic rings. The van der Waals surface area contributed by atoms with E-state index in [0.717, 1.165) is 30.1 Å². The van der Waals surface area contributed by atoms with Gasteiger partial charge in [0.2, 0.25) is 0 Å². The summed E-state index contributed by atoms with van der Waals surface area (Å²) in [7, 11) is 0. The van der Waals surface area contributed by atoms with Crippen molar-refractivity contribution >= 4 is 5.97 Å². The van der Waals surface area contributed by atoms with E-state index in [0.29, 0.717) is 24.0 Å². The summed E-state index contributed by atoms with van der Waals surface area (Å²) in [4.78, 5) is 12.3. The zero-order valence-corrected chi connectivity index (χ0v) is 15.8. The minimum absolute atomic E-state index is 0.252. The van der Waals surface area contributed by atoms with Gasteiger partial charge >= 0.3 is 5.97 Å². The second kappa shape index (κ2) is 7.26. The quantitative estimate of drug-likeness (QED) is 0.693. The number of esters is 1. The Hall–Kier alpha value is -2.10. The van der Waals surface area contributed by atoms with Crippen molar-refractivity contribution in [2.24, 2.45) is 5.92 Å². The van der Waals surface area contributed by atoms with E-state index in [9.17, 15) is 4.79 Å². The molecule has 0 aliphatic heterocycles. The first-order chi connectivity index (χ1) is 12.7. The largest absolute Gasteiger partial charge is 0.462 e. The lowest BCUT2D eigenvalue weighted by Crippen LogP contribution is -2.12. The van der Waals surface area contributed by atoms with E-state index < -0.39 is 0 Å². The molecule has 2 atom stereocenters. The number of nitrogens with zero attached hydrogens (tertiary/aromatic N) is 2. The lowest BCUT2D eigenvalue weighted by molar-refractivity contribution is 0.0525. The van der Waals surface area contributed by atoms with E-state index in [1.54, 1.807) is 6.20 Å². The lowest BCUT2D eigenvalue weighted by Gasteiger charge is -2.27. The monoisotopic (exact) mass is 352 g/mol. The van der Waals surface area contributed by atoms with E-state index in [-0.39, 0.29) is 5.97 Å². The second-order valence-corrected chi connectivity index (χ2v) is 7.91. The van der Waals surface area contributed by atoms with Crippen LogP contribution >= 0.6 is 0 Å². The van der Waals surface area contributed by atoms with Gasteiger partial charge in [0, 0.05) is 5.92 Å².